The Balaban J connectivity index is 1.52. The normalized spacial score (nSPS) is 17.5. The van der Waals surface area contributed by atoms with Gasteiger partial charge >= 0.3 is 0 Å². The molecule has 0 saturated heterocycles. The zero-order valence-electron chi connectivity index (χ0n) is 11.9. The molecule has 1 atom stereocenters. The SMILES string of the molecule is O=C(C[C@@H]1C=CCC1)NCCc1c[nH]c2cc(F)ccc12. The van der Waals surface area contributed by atoms with E-state index in [0.29, 0.717) is 18.9 Å². The summed E-state index contributed by atoms with van der Waals surface area (Å²) in [5, 5.41) is 3.98. The number of halogens is 1. The highest BCUT2D eigenvalue weighted by Gasteiger charge is 2.13. The van der Waals surface area contributed by atoms with Crippen LogP contribution in [0.2, 0.25) is 0 Å². The lowest BCUT2D eigenvalue weighted by Gasteiger charge is -2.08. The van der Waals surface area contributed by atoms with Gasteiger partial charge in [0.25, 0.3) is 0 Å². The van der Waals surface area contributed by atoms with Crippen LogP contribution in [-0.2, 0) is 11.2 Å². The maximum absolute atomic E-state index is 13.1. The summed E-state index contributed by atoms with van der Waals surface area (Å²) in [5.41, 5.74) is 1.90. The van der Waals surface area contributed by atoms with Crippen LogP contribution in [0, 0.1) is 11.7 Å². The molecular formula is C17H19FN2O. The highest BCUT2D eigenvalue weighted by atomic mass is 19.1. The van der Waals surface area contributed by atoms with Gasteiger partial charge in [0.15, 0.2) is 0 Å². The number of allylic oxidation sites excluding steroid dienone is 2. The third-order valence-corrected chi connectivity index (χ3v) is 4.01. The summed E-state index contributed by atoms with van der Waals surface area (Å²) in [4.78, 5) is 14.9. The fourth-order valence-corrected chi connectivity index (χ4v) is 2.88. The number of nitrogens with one attached hydrogen (secondary N) is 2. The number of amides is 1. The number of aromatic amines is 1. The first-order valence-corrected chi connectivity index (χ1v) is 7.41. The number of hydrogen-bond acceptors (Lipinski definition) is 1. The number of carbonyl (C=O) groups is 1. The van der Waals surface area contributed by atoms with E-state index in [-0.39, 0.29) is 11.7 Å². The summed E-state index contributed by atoms with van der Waals surface area (Å²) in [5.74, 6) is 0.271. The molecule has 3 rings (SSSR count). The van der Waals surface area contributed by atoms with Gasteiger partial charge in [-0.1, -0.05) is 12.2 Å². The zero-order chi connectivity index (χ0) is 14.7. The minimum Gasteiger partial charge on any atom is -0.361 e. The van der Waals surface area contributed by atoms with Crippen LogP contribution in [-0.4, -0.2) is 17.4 Å². The second kappa shape index (κ2) is 6.12. The fraction of sp³-hybridized carbons (Fsp3) is 0.353. The zero-order valence-corrected chi connectivity index (χ0v) is 11.9. The number of carbonyl (C=O) groups excluding carboxylic acids is 1. The minimum absolute atomic E-state index is 0.109. The molecule has 0 spiro atoms. The molecule has 2 aromatic rings. The number of rotatable bonds is 5. The van der Waals surface area contributed by atoms with Crippen LogP contribution in [0.1, 0.15) is 24.8 Å². The molecular weight excluding hydrogens is 267 g/mol. The second-order valence-corrected chi connectivity index (χ2v) is 5.57. The van der Waals surface area contributed by atoms with Crippen molar-refractivity contribution >= 4 is 16.8 Å². The molecule has 1 aliphatic carbocycles. The highest BCUT2D eigenvalue weighted by molar-refractivity contribution is 5.83. The van der Waals surface area contributed by atoms with Crippen LogP contribution in [0.25, 0.3) is 10.9 Å². The Bertz CT molecular complexity index is 674. The summed E-state index contributed by atoms with van der Waals surface area (Å²) in [6.45, 7) is 0.611. The lowest BCUT2D eigenvalue weighted by Crippen LogP contribution is -2.26. The quantitative estimate of drug-likeness (QED) is 0.814. The van der Waals surface area contributed by atoms with E-state index in [1.54, 1.807) is 6.07 Å². The van der Waals surface area contributed by atoms with Crippen LogP contribution < -0.4 is 5.32 Å². The Morgan fingerprint density at radius 2 is 2.33 bits per heavy atom. The number of benzene rings is 1. The summed E-state index contributed by atoms with van der Waals surface area (Å²) >= 11 is 0. The van der Waals surface area contributed by atoms with Crippen molar-refractivity contribution in [2.75, 3.05) is 6.54 Å². The topological polar surface area (TPSA) is 44.9 Å². The highest BCUT2D eigenvalue weighted by Crippen LogP contribution is 2.21. The van der Waals surface area contributed by atoms with Crippen LogP contribution in [0.5, 0.6) is 0 Å². The van der Waals surface area contributed by atoms with Gasteiger partial charge in [0, 0.05) is 30.1 Å². The van der Waals surface area contributed by atoms with Gasteiger partial charge in [0.1, 0.15) is 5.82 Å². The van der Waals surface area contributed by atoms with Gasteiger partial charge in [-0.3, -0.25) is 4.79 Å². The molecule has 3 nitrogen and oxygen atoms in total. The molecule has 0 fully saturated rings. The Hall–Kier alpha value is -2.10. The molecule has 1 heterocycles. The van der Waals surface area contributed by atoms with E-state index in [9.17, 15) is 9.18 Å². The van der Waals surface area contributed by atoms with E-state index in [4.69, 9.17) is 0 Å². The Morgan fingerprint density at radius 1 is 1.43 bits per heavy atom. The third-order valence-electron chi connectivity index (χ3n) is 4.01. The average Bonchev–Trinajstić information content (AvgIpc) is 3.08. The molecule has 2 N–H and O–H groups in total. The average molecular weight is 286 g/mol. The number of fused-ring (bicyclic) bond motifs is 1. The summed E-state index contributed by atoms with van der Waals surface area (Å²) < 4.78 is 13.1. The predicted molar refractivity (Wildman–Crippen MR) is 81.5 cm³/mol. The van der Waals surface area contributed by atoms with E-state index < -0.39 is 0 Å². The molecule has 0 aliphatic heterocycles. The van der Waals surface area contributed by atoms with Gasteiger partial charge in [0.05, 0.1) is 0 Å². The van der Waals surface area contributed by atoms with Crippen LogP contribution in [0.3, 0.4) is 0 Å². The van der Waals surface area contributed by atoms with Crippen molar-refractivity contribution in [3.63, 3.8) is 0 Å². The van der Waals surface area contributed by atoms with Gasteiger partial charge in [-0.2, -0.15) is 0 Å². The second-order valence-electron chi connectivity index (χ2n) is 5.57. The first-order chi connectivity index (χ1) is 10.2. The number of aromatic nitrogens is 1. The van der Waals surface area contributed by atoms with Crippen molar-refractivity contribution in [2.24, 2.45) is 5.92 Å². The van der Waals surface area contributed by atoms with Gasteiger partial charge < -0.3 is 10.3 Å². The van der Waals surface area contributed by atoms with Crippen molar-refractivity contribution in [1.29, 1.82) is 0 Å². The van der Waals surface area contributed by atoms with Gasteiger partial charge in [-0.05, 0) is 48.9 Å². The third kappa shape index (κ3) is 3.32. The summed E-state index contributed by atoms with van der Waals surface area (Å²) in [6.07, 6.45) is 9.66. The first-order valence-electron chi connectivity index (χ1n) is 7.41. The van der Waals surface area contributed by atoms with E-state index >= 15 is 0 Å². The fourth-order valence-electron chi connectivity index (χ4n) is 2.88. The summed E-state index contributed by atoms with van der Waals surface area (Å²) in [7, 11) is 0. The van der Waals surface area contributed by atoms with Gasteiger partial charge in [-0.15, -0.1) is 0 Å². The lowest BCUT2D eigenvalue weighted by atomic mass is 10.0. The van der Waals surface area contributed by atoms with Crippen molar-refractivity contribution < 1.29 is 9.18 Å². The molecule has 110 valence electrons. The Kier molecular flexibility index (Phi) is 4.04. The maximum atomic E-state index is 13.1. The van der Waals surface area contributed by atoms with Crippen LogP contribution >= 0.6 is 0 Å². The molecule has 4 heteroatoms. The molecule has 1 aromatic carbocycles. The standard InChI is InChI=1S/C17H19FN2O/c18-14-5-6-15-13(11-20-16(15)10-14)7-8-19-17(21)9-12-3-1-2-4-12/h1,3,5-6,10-12,20H,2,4,7-9H2,(H,19,21)/t12-/m1/s1. The summed E-state index contributed by atoms with van der Waals surface area (Å²) in [6, 6.07) is 4.73. The molecule has 0 radical (unpaired) electrons. The Morgan fingerprint density at radius 3 is 3.14 bits per heavy atom. The van der Waals surface area contributed by atoms with E-state index in [0.717, 1.165) is 35.7 Å². The molecule has 1 amide bonds. The number of hydrogen-bond donors (Lipinski definition) is 2. The molecule has 0 bridgehead atoms. The van der Waals surface area contributed by atoms with E-state index in [2.05, 4.69) is 22.5 Å². The van der Waals surface area contributed by atoms with Crippen molar-refractivity contribution in [3.05, 3.63) is 47.9 Å². The largest absolute Gasteiger partial charge is 0.361 e. The number of H-pyrrole nitrogens is 1. The first kappa shape index (κ1) is 13.9. The van der Waals surface area contributed by atoms with Crippen molar-refractivity contribution in [3.8, 4) is 0 Å². The van der Waals surface area contributed by atoms with E-state index in [1.165, 1.54) is 12.1 Å². The van der Waals surface area contributed by atoms with E-state index in [1.807, 2.05) is 6.20 Å². The monoisotopic (exact) mass is 286 g/mol. The van der Waals surface area contributed by atoms with Crippen molar-refractivity contribution in [2.45, 2.75) is 25.7 Å². The van der Waals surface area contributed by atoms with Crippen LogP contribution in [0.15, 0.2) is 36.5 Å². The molecule has 1 aliphatic rings. The Labute approximate surface area is 123 Å². The van der Waals surface area contributed by atoms with Crippen molar-refractivity contribution in [1.82, 2.24) is 10.3 Å². The molecule has 0 saturated carbocycles. The molecule has 21 heavy (non-hydrogen) atoms. The lowest BCUT2D eigenvalue weighted by molar-refractivity contribution is -0.121. The van der Waals surface area contributed by atoms with Gasteiger partial charge in [0.2, 0.25) is 5.91 Å². The smallest absolute Gasteiger partial charge is 0.220 e. The van der Waals surface area contributed by atoms with Gasteiger partial charge in [-0.25, -0.2) is 4.39 Å². The molecule has 1 aromatic heterocycles. The van der Waals surface area contributed by atoms with Crippen LogP contribution in [0.4, 0.5) is 4.39 Å². The molecule has 0 unspecified atom stereocenters. The minimum atomic E-state index is -0.242. The maximum Gasteiger partial charge on any atom is 0.220 e. The predicted octanol–water partition coefficient (Wildman–Crippen LogP) is 3.32.